The third-order valence-corrected chi connectivity index (χ3v) is 3.64. The smallest absolute Gasteiger partial charge is 0.407 e. The van der Waals surface area contributed by atoms with Gasteiger partial charge < -0.3 is 15.2 Å². The lowest BCUT2D eigenvalue weighted by Gasteiger charge is -2.44. The minimum absolute atomic E-state index is 0.0793. The van der Waals surface area contributed by atoms with Crippen molar-refractivity contribution in [2.24, 2.45) is 0 Å². The standard InChI is InChI=1S/C15H16FNO4/c1-2-7-21-14(20)17-10-8-15(9-10,13(18)19)11-5-3-4-6-12(11)16/h2-6,10H,1,7-9H2,(H,17,20)(H,18,19). The number of benzene rings is 1. The summed E-state index contributed by atoms with van der Waals surface area (Å²) in [4.78, 5) is 22.9. The van der Waals surface area contributed by atoms with Crippen molar-refractivity contribution in [1.82, 2.24) is 5.32 Å². The molecule has 112 valence electrons. The molecule has 0 atom stereocenters. The van der Waals surface area contributed by atoms with E-state index in [0.717, 1.165) is 0 Å². The number of alkyl carbamates (subject to hydrolysis) is 1. The third-order valence-electron chi connectivity index (χ3n) is 3.64. The first-order valence-electron chi connectivity index (χ1n) is 6.52. The van der Waals surface area contributed by atoms with Crippen molar-refractivity contribution >= 4 is 12.1 Å². The van der Waals surface area contributed by atoms with Crippen LogP contribution in [0.15, 0.2) is 36.9 Å². The minimum atomic E-state index is -1.29. The Morgan fingerprint density at radius 3 is 2.71 bits per heavy atom. The molecule has 21 heavy (non-hydrogen) atoms. The number of ether oxygens (including phenoxy) is 1. The van der Waals surface area contributed by atoms with Crippen LogP contribution < -0.4 is 5.32 Å². The molecule has 2 rings (SSSR count). The summed E-state index contributed by atoms with van der Waals surface area (Å²) in [6.07, 6.45) is 1.06. The van der Waals surface area contributed by atoms with Crippen molar-refractivity contribution < 1.29 is 23.8 Å². The van der Waals surface area contributed by atoms with Gasteiger partial charge in [0.15, 0.2) is 0 Å². The van der Waals surface area contributed by atoms with E-state index in [9.17, 15) is 19.1 Å². The van der Waals surface area contributed by atoms with Gasteiger partial charge in [-0.25, -0.2) is 9.18 Å². The second kappa shape index (κ2) is 5.95. The maximum absolute atomic E-state index is 13.8. The SMILES string of the molecule is C=CCOC(=O)NC1CC(C(=O)O)(c2ccccc2F)C1. The summed E-state index contributed by atoms with van der Waals surface area (Å²) in [6.45, 7) is 3.50. The van der Waals surface area contributed by atoms with Crippen molar-refractivity contribution in [3.8, 4) is 0 Å². The van der Waals surface area contributed by atoms with Gasteiger partial charge in [-0.3, -0.25) is 4.79 Å². The van der Waals surface area contributed by atoms with E-state index in [0.29, 0.717) is 0 Å². The molecule has 0 saturated heterocycles. The van der Waals surface area contributed by atoms with E-state index in [1.54, 1.807) is 6.07 Å². The van der Waals surface area contributed by atoms with E-state index in [-0.39, 0.29) is 31.1 Å². The van der Waals surface area contributed by atoms with Crippen molar-refractivity contribution in [3.05, 3.63) is 48.3 Å². The maximum atomic E-state index is 13.8. The maximum Gasteiger partial charge on any atom is 0.407 e. The van der Waals surface area contributed by atoms with Gasteiger partial charge in [0.05, 0.1) is 5.41 Å². The number of rotatable bonds is 5. The van der Waals surface area contributed by atoms with Crippen LogP contribution in [0.4, 0.5) is 9.18 Å². The molecule has 1 aliphatic carbocycles. The fourth-order valence-corrected chi connectivity index (χ4v) is 2.59. The number of hydrogen-bond acceptors (Lipinski definition) is 3. The van der Waals surface area contributed by atoms with E-state index in [1.807, 2.05) is 0 Å². The average molecular weight is 293 g/mol. The summed E-state index contributed by atoms with van der Waals surface area (Å²) in [5.74, 6) is -1.64. The number of nitrogens with one attached hydrogen (secondary N) is 1. The molecule has 6 heteroatoms. The van der Waals surface area contributed by atoms with E-state index in [2.05, 4.69) is 11.9 Å². The van der Waals surface area contributed by atoms with Gasteiger partial charge in [0.2, 0.25) is 0 Å². The zero-order chi connectivity index (χ0) is 15.5. The van der Waals surface area contributed by atoms with Gasteiger partial charge >= 0.3 is 12.1 Å². The van der Waals surface area contributed by atoms with Crippen molar-refractivity contribution in [3.63, 3.8) is 0 Å². The Kier molecular flexibility index (Phi) is 4.26. The van der Waals surface area contributed by atoms with E-state index in [1.165, 1.54) is 24.3 Å². The summed E-state index contributed by atoms with van der Waals surface area (Å²) in [6, 6.07) is 5.46. The molecule has 1 saturated carbocycles. The highest BCUT2D eigenvalue weighted by Gasteiger charge is 2.53. The molecular weight excluding hydrogens is 277 g/mol. The normalized spacial score (nSPS) is 23.8. The fourth-order valence-electron chi connectivity index (χ4n) is 2.59. The molecule has 0 aliphatic heterocycles. The number of amides is 1. The van der Waals surface area contributed by atoms with Crippen LogP contribution in [-0.2, 0) is 14.9 Å². The summed E-state index contributed by atoms with van der Waals surface area (Å²) in [5.41, 5.74) is -1.14. The number of halogens is 1. The van der Waals surface area contributed by atoms with Gasteiger partial charge in [-0.15, -0.1) is 0 Å². The molecule has 5 nitrogen and oxygen atoms in total. The lowest BCUT2D eigenvalue weighted by Crippen LogP contribution is -2.57. The molecular formula is C15H16FNO4. The number of hydrogen-bond donors (Lipinski definition) is 2. The zero-order valence-corrected chi connectivity index (χ0v) is 11.3. The van der Waals surface area contributed by atoms with Crippen LogP contribution in [0.1, 0.15) is 18.4 Å². The van der Waals surface area contributed by atoms with Gasteiger partial charge in [-0.2, -0.15) is 0 Å². The molecule has 2 N–H and O–H groups in total. The molecule has 1 aliphatic rings. The Morgan fingerprint density at radius 1 is 1.48 bits per heavy atom. The summed E-state index contributed by atoms with van der Waals surface area (Å²) < 4.78 is 18.6. The van der Waals surface area contributed by atoms with Crippen LogP contribution in [-0.4, -0.2) is 29.8 Å². The van der Waals surface area contributed by atoms with Crippen LogP contribution in [0.5, 0.6) is 0 Å². The second-order valence-electron chi connectivity index (χ2n) is 5.00. The lowest BCUT2D eigenvalue weighted by molar-refractivity contribution is -0.148. The predicted octanol–water partition coefficient (Wildman–Crippen LogP) is 2.22. The van der Waals surface area contributed by atoms with Crippen molar-refractivity contribution in [2.45, 2.75) is 24.3 Å². The van der Waals surface area contributed by atoms with E-state index < -0.39 is 23.3 Å². The Morgan fingerprint density at radius 2 is 2.14 bits per heavy atom. The topological polar surface area (TPSA) is 75.6 Å². The van der Waals surface area contributed by atoms with E-state index in [4.69, 9.17) is 4.74 Å². The molecule has 0 heterocycles. The summed E-state index contributed by atoms with van der Waals surface area (Å²) in [7, 11) is 0. The third kappa shape index (κ3) is 2.89. The monoisotopic (exact) mass is 293 g/mol. The quantitative estimate of drug-likeness (QED) is 0.816. The molecule has 1 amide bonds. The Bertz CT molecular complexity index is 567. The predicted molar refractivity (Wildman–Crippen MR) is 73.4 cm³/mol. The Hall–Kier alpha value is -2.37. The van der Waals surface area contributed by atoms with Gasteiger partial charge in [-0.1, -0.05) is 30.9 Å². The van der Waals surface area contributed by atoms with Crippen LogP contribution in [0.25, 0.3) is 0 Å². The van der Waals surface area contributed by atoms with Gasteiger partial charge in [0.25, 0.3) is 0 Å². The van der Waals surface area contributed by atoms with Gasteiger partial charge in [0.1, 0.15) is 12.4 Å². The first-order chi connectivity index (χ1) is 9.99. The van der Waals surface area contributed by atoms with Crippen LogP contribution in [0.3, 0.4) is 0 Å². The molecule has 1 fully saturated rings. The second-order valence-corrected chi connectivity index (χ2v) is 5.00. The number of carbonyl (C=O) groups is 2. The molecule has 1 aromatic rings. The Labute approximate surface area is 121 Å². The molecule has 0 bridgehead atoms. The Balaban J connectivity index is 2.06. The molecule has 0 aromatic heterocycles. The minimum Gasteiger partial charge on any atom is -0.481 e. The number of carboxylic acid groups (broad SMARTS) is 1. The largest absolute Gasteiger partial charge is 0.481 e. The van der Waals surface area contributed by atoms with Gasteiger partial charge in [0, 0.05) is 11.6 Å². The number of carbonyl (C=O) groups excluding carboxylic acids is 1. The van der Waals surface area contributed by atoms with Crippen LogP contribution >= 0.6 is 0 Å². The van der Waals surface area contributed by atoms with Crippen LogP contribution in [0, 0.1) is 5.82 Å². The number of aliphatic carboxylic acids is 1. The molecule has 1 aromatic carbocycles. The number of carboxylic acids is 1. The highest BCUT2D eigenvalue weighted by atomic mass is 19.1. The van der Waals surface area contributed by atoms with Gasteiger partial charge in [-0.05, 0) is 18.9 Å². The summed E-state index contributed by atoms with van der Waals surface area (Å²) in [5, 5.41) is 12.0. The zero-order valence-electron chi connectivity index (χ0n) is 11.3. The van der Waals surface area contributed by atoms with Crippen molar-refractivity contribution in [2.75, 3.05) is 6.61 Å². The first kappa shape index (κ1) is 15.0. The highest BCUT2D eigenvalue weighted by molar-refractivity contribution is 5.83. The van der Waals surface area contributed by atoms with Crippen LogP contribution in [0.2, 0.25) is 0 Å². The molecule has 0 spiro atoms. The summed E-state index contributed by atoms with van der Waals surface area (Å²) >= 11 is 0. The fraction of sp³-hybridized carbons (Fsp3) is 0.333. The molecule has 0 unspecified atom stereocenters. The van der Waals surface area contributed by atoms with Crippen molar-refractivity contribution in [1.29, 1.82) is 0 Å². The average Bonchev–Trinajstić information content (AvgIpc) is 2.40. The van der Waals surface area contributed by atoms with E-state index >= 15 is 0 Å². The highest BCUT2D eigenvalue weighted by Crippen LogP contribution is 2.45. The first-order valence-corrected chi connectivity index (χ1v) is 6.52. The molecule has 0 radical (unpaired) electrons. The lowest BCUT2D eigenvalue weighted by atomic mass is 9.61.